The number of nitrogens with zero attached hydrogens (tertiary/aromatic N) is 2. The minimum Gasteiger partial charge on any atom is -0.491 e. The van der Waals surface area contributed by atoms with Gasteiger partial charge in [0.1, 0.15) is 22.3 Å². The normalized spacial score (nSPS) is 11.0. The molecule has 0 N–H and O–H groups in total. The maximum absolute atomic E-state index is 14.3. The fourth-order valence-electron chi connectivity index (χ4n) is 2.17. The van der Waals surface area contributed by atoms with E-state index in [0.29, 0.717) is 0 Å². The number of halogens is 5. The highest BCUT2D eigenvalue weighted by Gasteiger charge is 2.23. The minimum atomic E-state index is -3.12. The minimum absolute atomic E-state index is 0.0341. The number of rotatable bonds is 8. The lowest BCUT2D eigenvalue weighted by atomic mass is 10.1. The van der Waals surface area contributed by atoms with Gasteiger partial charge in [-0.15, -0.1) is 0 Å². The molecular weight excluding hydrogens is 412 g/mol. The van der Waals surface area contributed by atoms with Crippen molar-refractivity contribution in [3.63, 3.8) is 0 Å². The average molecular weight is 427 g/mol. The van der Waals surface area contributed by atoms with Crippen LogP contribution in [0.25, 0.3) is 11.3 Å². The lowest BCUT2D eigenvalue weighted by Crippen LogP contribution is -2.09. The van der Waals surface area contributed by atoms with E-state index in [1.165, 1.54) is 13.1 Å². The molecule has 148 valence electrons. The van der Waals surface area contributed by atoms with E-state index in [0.717, 1.165) is 10.7 Å². The fourth-order valence-corrected chi connectivity index (χ4v) is 2.68. The second kappa shape index (κ2) is 9.18. The number of alkyl halides is 2. The van der Waals surface area contributed by atoms with Crippen LogP contribution >= 0.6 is 23.2 Å². The highest BCUT2D eigenvalue weighted by molar-refractivity contribution is 6.34. The van der Waals surface area contributed by atoms with Gasteiger partial charge in [0.05, 0.1) is 24.7 Å². The molecule has 6 nitrogen and oxygen atoms in total. The number of aryl methyl sites for hydroxylation is 1. The molecule has 0 fully saturated rings. The Balaban J connectivity index is 2.29. The van der Waals surface area contributed by atoms with E-state index in [1.807, 2.05) is 0 Å². The van der Waals surface area contributed by atoms with Crippen LogP contribution in [-0.4, -0.2) is 35.6 Å². The number of benzene rings is 1. The van der Waals surface area contributed by atoms with Crippen molar-refractivity contribution in [1.29, 1.82) is 0 Å². The molecule has 0 spiro atoms. The largest absolute Gasteiger partial charge is 0.491 e. The molecule has 1 heterocycles. The number of aromatic nitrogens is 2. The first-order valence-corrected chi connectivity index (χ1v) is 8.45. The molecule has 2 rings (SSSR count). The van der Waals surface area contributed by atoms with Gasteiger partial charge in [-0.05, 0) is 19.1 Å². The van der Waals surface area contributed by atoms with Gasteiger partial charge in [0.15, 0.2) is 0 Å². The van der Waals surface area contributed by atoms with Crippen LogP contribution in [0.4, 0.5) is 13.2 Å². The summed E-state index contributed by atoms with van der Waals surface area (Å²) in [5.74, 6) is -1.60. The third-order valence-corrected chi connectivity index (χ3v) is 3.92. The zero-order chi connectivity index (χ0) is 20.1. The lowest BCUT2D eigenvalue weighted by molar-refractivity contribution is -0.143. The van der Waals surface area contributed by atoms with Gasteiger partial charge in [-0.3, -0.25) is 4.79 Å². The van der Waals surface area contributed by atoms with Crippen molar-refractivity contribution in [3.05, 3.63) is 28.0 Å². The van der Waals surface area contributed by atoms with Crippen molar-refractivity contribution < 1.29 is 32.2 Å². The first kappa shape index (κ1) is 21.2. The van der Waals surface area contributed by atoms with E-state index < -0.39 is 24.3 Å². The Morgan fingerprint density at radius 2 is 2.04 bits per heavy atom. The van der Waals surface area contributed by atoms with Crippen molar-refractivity contribution in [2.45, 2.75) is 20.0 Å². The van der Waals surface area contributed by atoms with Crippen LogP contribution in [0, 0.1) is 5.82 Å². The Morgan fingerprint density at radius 1 is 1.33 bits per heavy atom. The Labute approximate surface area is 162 Å². The van der Waals surface area contributed by atoms with Gasteiger partial charge >= 0.3 is 12.6 Å². The molecule has 0 aliphatic carbocycles. The number of esters is 1. The number of ether oxygens (including phenoxy) is 3. The summed E-state index contributed by atoms with van der Waals surface area (Å²) >= 11 is 12.0. The molecule has 0 atom stereocenters. The molecule has 2 aromatic rings. The molecule has 0 radical (unpaired) electrons. The summed E-state index contributed by atoms with van der Waals surface area (Å²) in [7, 11) is 1.32. The van der Waals surface area contributed by atoms with Crippen LogP contribution in [0.2, 0.25) is 10.0 Å². The summed E-state index contributed by atoms with van der Waals surface area (Å²) < 4.78 is 54.7. The van der Waals surface area contributed by atoms with E-state index in [4.69, 9.17) is 32.7 Å². The van der Waals surface area contributed by atoms with Crippen molar-refractivity contribution in [1.82, 2.24) is 9.78 Å². The molecule has 0 aliphatic heterocycles. The summed E-state index contributed by atoms with van der Waals surface area (Å²) in [6.45, 7) is -1.27. The standard InChI is InChI=1S/C16H15Cl2F3N2O4/c1-3-25-12(24)4-5-26-11-6-8(10(19)7-9(11)17)14-13(18)15(23(2)22-14)27-16(20)21/h6-7,16H,3-5H2,1-2H3. The fraction of sp³-hybridized carbons (Fsp3) is 0.375. The highest BCUT2D eigenvalue weighted by atomic mass is 35.5. The quantitative estimate of drug-likeness (QED) is 0.582. The number of hydrogen-bond donors (Lipinski definition) is 0. The van der Waals surface area contributed by atoms with Gasteiger partial charge in [0.2, 0.25) is 5.88 Å². The maximum Gasteiger partial charge on any atom is 0.388 e. The average Bonchev–Trinajstić information content (AvgIpc) is 2.84. The van der Waals surface area contributed by atoms with Crippen LogP contribution in [0.3, 0.4) is 0 Å². The Morgan fingerprint density at radius 3 is 2.67 bits per heavy atom. The third-order valence-electron chi connectivity index (χ3n) is 3.29. The molecule has 0 amide bonds. The zero-order valence-electron chi connectivity index (χ0n) is 14.3. The molecule has 0 aliphatic rings. The molecule has 0 bridgehead atoms. The van der Waals surface area contributed by atoms with Crippen molar-refractivity contribution in [2.24, 2.45) is 7.05 Å². The predicted octanol–water partition coefficient (Wildman–Crippen LogP) is 4.47. The maximum atomic E-state index is 14.3. The monoisotopic (exact) mass is 426 g/mol. The summed E-state index contributed by atoms with van der Waals surface area (Å²) in [6, 6.07) is 2.18. The van der Waals surface area contributed by atoms with Gasteiger partial charge in [-0.1, -0.05) is 23.2 Å². The summed E-state index contributed by atoms with van der Waals surface area (Å²) in [5.41, 5.74) is -0.255. The molecule has 1 aromatic heterocycles. The molecule has 11 heteroatoms. The predicted molar refractivity (Wildman–Crippen MR) is 92.0 cm³/mol. The smallest absolute Gasteiger partial charge is 0.388 e. The van der Waals surface area contributed by atoms with Crippen molar-refractivity contribution >= 4 is 29.2 Å². The van der Waals surface area contributed by atoms with Gasteiger partial charge in [-0.2, -0.15) is 13.9 Å². The van der Waals surface area contributed by atoms with E-state index in [-0.39, 0.29) is 46.7 Å². The number of hydrogen-bond acceptors (Lipinski definition) is 5. The Kier molecular flexibility index (Phi) is 7.20. The Hall–Kier alpha value is -2.13. The number of carbonyl (C=O) groups excluding carboxylic acids is 1. The van der Waals surface area contributed by atoms with Crippen molar-refractivity contribution in [3.8, 4) is 22.9 Å². The highest BCUT2D eigenvalue weighted by Crippen LogP contribution is 2.39. The van der Waals surface area contributed by atoms with Crippen LogP contribution in [0.5, 0.6) is 11.6 Å². The number of carbonyl (C=O) groups is 1. The topological polar surface area (TPSA) is 62.6 Å². The molecule has 0 saturated carbocycles. The van der Waals surface area contributed by atoms with Crippen molar-refractivity contribution in [2.75, 3.05) is 13.2 Å². The van der Waals surface area contributed by atoms with E-state index in [2.05, 4.69) is 9.84 Å². The third kappa shape index (κ3) is 5.20. The first-order valence-electron chi connectivity index (χ1n) is 7.69. The van der Waals surface area contributed by atoms with Gasteiger partial charge in [0.25, 0.3) is 0 Å². The molecule has 0 unspecified atom stereocenters. The summed E-state index contributed by atoms with van der Waals surface area (Å²) in [5, 5.41) is 3.57. The summed E-state index contributed by atoms with van der Waals surface area (Å²) in [6.07, 6.45) is -0.0341. The summed E-state index contributed by atoms with van der Waals surface area (Å²) in [4.78, 5) is 11.3. The van der Waals surface area contributed by atoms with E-state index in [9.17, 15) is 18.0 Å². The zero-order valence-corrected chi connectivity index (χ0v) is 15.8. The van der Waals surface area contributed by atoms with Crippen LogP contribution in [-0.2, 0) is 16.6 Å². The lowest BCUT2D eigenvalue weighted by Gasteiger charge is -2.10. The second-order valence-corrected chi connectivity index (χ2v) is 5.92. The first-order chi connectivity index (χ1) is 12.7. The van der Waals surface area contributed by atoms with Gasteiger partial charge < -0.3 is 14.2 Å². The SMILES string of the molecule is CCOC(=O)CCOc1cc(-c2nn(C)c(OC(F)F)c2Cl)c(F)cc1Cl. The van der Waals surface area contributed by atoms with Crippen LogP contribution < -0.4 is 9.47 Å². The Bertz CT molecular complexity index is 830. The van der Waals surface area contributed by atoms with Crippen LogP contribution in [0.1, 0.15) is 13.3 Å². The van der Waals surface area contributed by atoms with E-state index in [1.54, 1.807) is 6.92 Å². The van der Waals surface area contributed by atoms with Gasteiger partial charge in [-0.25, -0.2) is 9.07 Å². The van der Waals surface area contributed by atoms with Crippen LogP contribution in [0.15, 0.2) is 12.1 Å². The molecule has 0 saturated heterocycles. The molecule has 27 heavy (non-hydrogen) atoms. The van der Waals surface area contributed by atoms with E-state index >= 15 is 0 Å². The van der Waals surface area contributed by atoms with Gasteiger partial charge in [0, 0.05) is 12.6 Å². The second-order valence-electron chi connectivity index (χ2n) is 5.14. The molecule has 1 aromatic carbocycles. The molecular formula is C16H15Cl2F3N2O4.